The third-order valence-corrected chi connectivity index (χ3v) is 3.61. The van der Waals surface area contributed by atoms with Gasteiger partial charge in [0.05, 0.1) is 5.54 Å². The molecule has 0 aromatic carbocycles. The van der Waals surface area contributed by atoms with Crippen LogP contribution in [-0.4, -0.2) is 19.8 Å². The maximum atomic E-state index is 5.75. The molecule has 1 spiro atoms. The van der Waals surface area contributed by atoms with Gasteiger partial charge in [0.25, 0.3) is 0 Å². The fourth-order valence-electron chi connectivity index (χ4n) is 2.83. The molecule has 0 atom stereocenters. The van der Waals surface area contributed by atoms with Crippen molar-refractivity contribution in [2.45, 2.75) is 31.7 Å². The number of hydrogen-bond donors (Lipinski definition) is 1. The second kappa shape index (κ2) is 3.35. The second-order valence-corrected chi connectivity index (χ2v) is 4.57. The first-order chi connectivity index (χ1) is 7.30. The molecule has 0 unspecified atom stereocenters. The third kappa shape index (κ3) is 1.42. The Labute approximate surface area is 89.8 Å². The van der Waals surface area contributed by atoms with Crippen LogP contribution in [0.25, 0.3) is 0 Å². The van der Waals surface area contributed by atoms with Crippen molar-refractivity contribution in [3.05, 3.63) is 23.2 Å². The highest BCUT2D eigenvalue weighted by Gasteiger charge is 2.39. The van der Waals surface area contributed by atoms with Gasteiger partial charge in [-0.05, 0) is 25.8 Å². The summed E-state index contributed by atoms with van der Waals surface area (Å²) in [5.74, 6) is 2.22. The highest BCUT2D eigenvalue weighted by Crippen LogP contribution is 2.38. The van der Waals surface area contributed by atoms with Gasteiger partial charge in [0.1, 0.15) is 11.5 Å². The number of nitrogens with one attached hydrogen (secondary N) is 1. The molecular weight excluding hydrogens is 190 g/mol. The molecule has 0 amide bonds. The van der Waals surface area contributed by atoms with Gasteiger partial charge in [-0.3, -0.25) is 0 Å². The largest absolute Gasteiger partial charge is 0.466 e. The predicted octanol–water partition coefficient (Wildman–Crippen LogP) is 1.74. The van der Waals surface area contributed by atoms with Crippen LogP contribution >= 0.6 is 0 Å². The first-order valence-electron chi connectivity index (χ1n) is 5.73. The van der Waals surface area contributed by atoms with E-state index in [-0.39, 0.29) is 5.54 Å². The van der Waals surface area contributed by atoms with Crippen molar-refractivity contribution < 1.29 is 9.15 Å². The SMILES string of the molecule is Cc1cc2c(o1)CCNC21CCOCC1. The molecule has 1 saturated heterocycles. The summed E-state index contributed by atoms with van der Waals surface area (Å²) in [6.07, 6.45) is 3.16. The zero-order valence-electron chi connectivity index (χ0n) is 9.14. The fourth-order valence-corrected chi connectivity index (χ4v) is 2.83. The minimum atomic E-state index is 0.142. The lowest BCUT2D eigenvalue weighted by atomic mass is 9.80. The summed E-state index contributed by atoms with van der Waals surface area (Å²) in [7, 11) is 0. The summed E-state index contributed by atoms with van der Waals surface area (Å²) in [6.45, 7) is 4.78. The Morgan fingerprint density at radius 1 is 1.33 bits per heavy atom. The Kier molecular flexibility index (Phi) is 2.11. The molecule has 0 aliphatic carbocycles. The number of furan rings is 1. The van der Waals surface area contributed by atoms with E-state index in [1.54, 1.807) is 0 Å². The highest BCUT2D eigenvalue weighted by molar-refractivity contribution is 5.32. The Balaban J connectivity index is 2.03. The number of ether oxygens (including phenoxy) is 1. The summed E-state index contributed by atoms with van der Waals surface area (Å²) < 4.78 is 11.2. The summed E-state index contributed by atoms with van der Waals surface area (Å²) in [5.41, 5.74) is 1.53. The average molecular weight is 207 g/mol. The Morgan fingerprint density at radius 2 is 2.13 bits per heavy atom. The minimum absolute atomic E-state index is 0.142. The first-order valence-corrected chi connectivity index (χ1v) is 5.73. The minimum Gasteiger partial charge on any atom is -0.466 e. The average Bonchev–Trinajstić information content (AvgIpc) is 2.62. The maximum absolute atomic E-state index is 5.75. The molecule has 0 saturated carbocycles. The number of hydrogen-bond acceptors (Lipinski definition) is 3. The van der Waals surface area contributed by atoms with Gasteiger partial charge in [0, 0.05) is 31.7 Å². The van der Waals surface area contributed by atoms with E-state index in [9.17, 15) is 0 Å². The molecule has 1 aromatic heterocycles. The molecule has 2 aliphatic rings. The molecule has 3 heteroatoms. The Hall–Kier alpha value is -0.800. The molecule has 1 fully saturated rings. The van der Waals surface area contributed by atoms with Crippen LogP contribution in [0.3, 0.4) is 0 Å². The molecule has 0 bridgehead atoms. The smallest absolute Gasteiger partial charge is 0.110 e. The van der Waals surface area contributed by atoms with E-state index < -0.39 is 0 Å². The second-order valence-electron chi connectivity index (χ2n) is 4.57. The summed E-state index contributed by atoms with van der Waals surface area (Å²) in [4.78, 5) is 0. The molecule has 3 rings (SSSR count). The topological polar surface area (TPSA) is 34.4 Å². The van der Waals surface area contributed by atoms with Crippen LogP contribution in [0.5, 0.6) is 0 Å². The van der Waals surface area contributed by atoms with Crippen molar-refractivity contribution in [1.82, 2.24) is 5.32 Å². The monoisotopic (exact) mass is 207 g/mol. The number of rotatable bonds is 0. The first kappa shape index (κ1) is 9.43. The lowest BCUT2D eigenvalue weighted by Gasteiger charge is -2.40. The Morgan fingerprint density at radius 3 is 2.93 bits per heavy atom. The lowest BCUT2D eigenvalue weighted by Crippen LogP contribution is -2.50. The molecule has 2 aliphatic heterocycles. The number of aryl methyl sites for hydroxylation is 1. The van der Waals surface area contributed by atoms with E-state index >= 15 is 0 Å². The van der Waals surface area contributed by atoms with E-state index in [2.05, 4.69) is 11.4 Å². The highest BCUT2D eigenvalue weighted by atomic mass is 16.5. The van der Waals surface area contributed by atoms with Crippen LogP contribution in [0, 0.1) is 6.92 Å². The Bertz CT molecular complexity index is 364. The molecule has 1 aromatic rings. The van der Waals surface area contributed by atoms with Gasteiger partial charge in [-0.25, -0.2) is 0 Å². The summed E-state index contributed by atoms with van der Waals surface area (Å²) in [6, 6.07) is 2.20. The molecule has 15 heavy (non-hydrogen) atoms. The van der Waals surface area contributed by atoms with Crippen molar-refractivity contribution in [2.75, 3.05) is 19.8 Å². The van der Waals surface area contributed by atoms with E-state index in [1.807, 2.05) is 6.92 Å². The zero-order chi connectivity index (χ0) is 10.3. The van der Waals surface area contributed by atoms with Gasteiger partial charge in [-0.15, -0.1) is 0 Å². The van der Waals surface area contributed by atoms with Crippen LogP contribution in [0.15, 0.2) is 10.5 Å². The molecule has 82 valence electrons. The third-order valence-electron chi connectivity index (χ3n) is 3.61. The normalized spacial score (nSPS) is 24.1. The van der Waals surface area contributed by atoms with Gasteiger partial charge >= 0.3 is 0 Å². The lowest BCUT2D eigenvalue weighted by molar-refractivity contribution is 0.0331. The van der Waals surface area contributed by atoms with E-state index in [0.29, 0.717) is 0 Å². The van der Waals surface area contributed by atoms with Crippen LogP contribution < -0.4 is 5.32 Å². The van der Waals surface area contributed by atoms with Gasteiger partial charge in [-0.2, -0.15) is 0 Å². The summed E-state index contributed by atoms with van der Waals surface area (Å²) in [5, 5.41) is 3.66. The van der Waals surface area contributed by atoms with Crippen molar-refractivity contribution in [2.24, 2.45) is 0 Å². The number of fused-ring (bicyclic) bond motifs is 2. The molecule has 3 nitrogen and oxygen atoms in total. The quantitative estimate of drug-likeness (QED) is 0.703. The van der Waals surface area contributed by atoms with Gasteiger partial charge in [0.2, 0.25) is 0 Å². The predicted molar refractivity (Wildman–Crippen MR) is 56.9 cm³/mol. The molecule has 0 radical (unpaired) electrons. The van der Waals surface area contributed by atoms with Crippen molar-refractivity contribution >= 4 is 0 Å². The standard InChI is InChI=1S/C12H17NO2/c1-9-8-10-11(15-9)2-5-13-12(10)3-6-14-7-4-12/h8,13H,2-7H2,1H3. The molecular formula is C12H17NO2. The molecule has 1 N–H and O–H groups in total. The van der Waals surface area contributed by atoms with Crippen molar-refractivity contribution in [3.8, 4) is 0 Å². The van der Waals surface area contributed by atoms with Gasteiger partial charge < -0.3 is 14.5 Å². The van der Waals surface area contributed by atoms with E-state index in [0.717, 1.165) is 44.8 Å². The van der Waals surface area contributed by atoms with Crippen molar-refractivity contribution in [1.29, 1.82) is 0 Å². The maximum Gasteiger partial charge on any atom is 0.110 e. The fraction of sp³-hybridized carbons (Fsp3) is 0.667. The van der Waals surface area contributed by atoms with Crippen LogP contribution in [-0.2, 0) is 16.7 Å². The molecule has 3 heterocycles. The van der Waals surface area contributed by atoms with E-state index in [4.69, 9.17) is 9.15 Å². The summed E-state index contributed by atoms with van der Waals surface area (Å²) >= 11 is 0. The zero-order valence-corrected chi connectivity index (χ0v) is 9.14. The van der Waals surface area contributed by atoms with Gasteiger partial charge in [0.15, 0.2) is 0 Å². The van der Waals surface area contributed by atoms with E-state index in [1.165, 1.54) is 11.3 Å². The van der Waals surface area contributed by atoms with Crippen LogP contribution in [0.2, 0.25) is 0 Å². The van der Waals surface area contributed by atoms with Crippen LogP contribution in [0.1, 0.15) is 29.9 Å². The van der Waals surface area contributed by atoms with Crippen LogP contribution in [0.4, 0.5) is 0 Å². The van der Waals surface area contributed by atoms with Crippen molar-refractivity contribution in [3.63, 3.8) is 0 Å². The van der Waals surface area contributed by atoms with Gasteiger partial charge in [-0.1, -0.05) is 0 Å².